The van der Waals surface area contributed by atoms with Crippen LogP contribution in [0.3, 0.4) is 0 Å². The summed E-state index contributed by atoms with van der Waals surface area (Å²) in [5.41, 5.74) is 5.19. The van der Waals surface area contributed by atoms with Gasteiger partial charge in [-0.05, 0) is 49.2 Å². The number of piperazine rings is 1. The summed E-state index contributed by atoms with van der Waals surface area (Å²) in [5.74, 6) is 0.0633. The van der Waals surface area contributed by atoms with Gasteiger partial charge in [0.1, 0.15) is 0 Å². The summed E-state index contributed by atoms with van der Waals surface area (Å²) >= 11 is 3.43. The number of carbonyl (C=O) groups excluding carboxylic acids is 1. The van der Waals surface area contributed by atoms with Crippen molar-refractivity contribution in [2.75, 3.05) is 31.1 Å². The SMILES string of the molecule is Cc1ccc(C)c(N2CCN(C(=O)CCn3nc(-c4ccc(Br)cc4)ccc3=O)CC2)c1. The number of halogens is 1. The molecule has 32 heavy (non-hydrogen) atoms. The molecule has 0 aliphatic carbocycles. The highest BCUT2D eigenvalue weighted by Crippen LogP contribution is 2.23. The van der Waals surface area contributed by atoms with Crippen molar-refractivity contribution in [3.8, 4) is 11.3 Å². The summed E-state index contributed by atoms with van der Waals surface area (Å²) in [6, 6.07) is 17.5. The molecule has 2 aromatic carbocycles. The second-order valence-corrected chi connectivity index (χ2v) is 9.11. The molecule has 0 N–H and O–H groups in total. The fourth-order valence-electron chi connectivity index (χ4n) is 4.00. The van der Waals surface area contributed by atoms with Crippen molar-refractivity contribution in [2.45, 2.75) is 26.8 Å². The molecule has 0 atom stereocenters. The Morgan fingerprint density at radius 3 is 2.41 bits per heavy atom. The summed E-state index contributed by atoms with van der Waals surface area (Å²) in [5, 5.41) is 4.47. The molecule has 1 aromatic heterocycles. The fraction of sp³-hybridized carbons (Fsp3) is 0.320. The molecule has 4 rings (SSSR count). The van der Waals surface area contributed by atoms with E-state index >= 15 is 0 Å². The quantitative estimate of drug-likeness (QED) is 0.537. The Kier molecular flexibility index (Phi) is 6.74. The van der Waals surface area contributed by atoms with Crippen molar-refractivity contribution in [3.63, 3.8) is 0 Å². The Morgan fingerprint density at radius 1 is 0.969 bits per heavy atom. The zero-order chi connectivity index (χ0) is 22.7. The van der Waals surface area contributed by atoms with Crippen LogP contribution in [0.15, 0.2) is 63.9 Å². The minimum atomic E-state index is -0.196. The Hall–Kier alpha value is -2.93. The second kappa shape index (κ2) is 9.69. The van der Waals surface area contributed by atoms with Gasteiger partial charge in [-0.3, -0.25) is 9.59 Å². The summed E-state index contributed by atoms with van der Waals surface area (Å²) in [4.78, 5) is 29.3. The number of carbonyl (C=O) groups is 1. The molecule has 0 unspecified atom stereocenters. The third-order valence-corrected chi connectivity index (χ3v) is 6.41. The molecule has 1 fully saturated rings. The number of benzene rings is 2. The zero-order valence-corrected chi connectivity index (χ0v) is 20.0. The maximum Gasteiger partial charge on any atom is 0.266 e. The molecular weight excluding hydrogens is 468 g/mol. The predicted octanol–water partition coefficient (Wildman–Crippen LogP) is 4.03. The van der Waals surface area contributed by atoms with Crippen LogP contribution in [0.1, 0.15) is 17.5 Å². The first-order chi connectivity index (χ1) is 15.4. The molecule has 1 aliphatic rings. The van der Waals surface area contributed by atoms with Crippen LogP contribution in [-0.2, 0) is 11.3 Å². The first kappa shape index (κ1) is 22.3. The smallest absolute Gasteiger partial charge is 0.266 e. The van der Waals surface area contributed by atoms with E-state index in [0.717, 1.165) is 23.1 Å². The Labute approximate surface area is 196 Å². The van der Waals surface area contributed by atoms with Crippen molar-refractivity contribution in [1.29, 1.82) is 0 Å². The lowest BCUT2D eigenvalue weighted by Crippen LogP contribution is -2.49. The zero-order valence-electron chi connectivity index (χ0n) is 18.4. The first-order valence-corrected chi connectivity index (χ1v) is 11.6. The van der Waals surface area contributed by atoms with E-state index < -0.39 is 0 Å². The molecular formula is C25H27BrN4O2. The lowest BCUT2D eigenvalue weighted by atomic mass is 10.1. The summed E-state index contributed by atoms with van der Waals surface area (Å²) < 4.78 is 2.37. The van der Waals surface area contributed by atoms with Crippen LogP contribution in [0.25, 0.3) is 11.3 Å². The Balaban J connectivity index is 1.36. The van der Waals surface area contributed by atoms with E-state index in [1.54, 1.807) is 6.07 Å². The highest BCUT2D eigenvalue weighted by molar-refractivity contribution is 9.10. The van der Waals surface area contributed by atoms with Crippen LogP contribution < -0.4 is 10.5 Å². The number of hydrogen-bond donors (Lipinski definition) is 0. The molecule has 1 amide bonds. The number of anilines is 1. The van der Waals surface area contributed by atoms with Gasteiger partial charge in [0.25, 0.3) is 5.56 Å². The maximum absolute atomic E-state index is 12.8. The van der Waals surface area contributed by atoms with Crippen LogP contribution in [0.2, 0.25) is 0 Å². The first-order valence-electron chi connectivity index (χ1n) is 10.8. The predicted molar refractivity (Wildman–Crippen MR) is 131 cm³/mol. The van der Waals surface area contributed by atoms with Crippen molar-refractivity contribution in [1.82, 2.24) is 14.7 Å². The average Bonchev–Trinajstić information content (AvgIpc) is 2.80. The number of rotatable bonds is 5. The van der Waals surface area contributed by atoms with Crippen molar-refractivity contribution < 1.29 is 4.79 Å². The van der Waals surface area contributed by atoms with Crippen LogP contribution in [0.5, 0.6) is 0 Å². The molecule has 166 valence electrons. The number of aryl methyl sites for hydroxylation is 3. The van der Waals surface area contributed by atoms with Crippen molar-refractivity contribution >= 4 is 27.5 Å². The number of aromatic nitrogens is 2. The van der Waals surface area contributed by atoms with Gasteiger partial charge in [-0.25, -0.2) is 4.68 Å². The van der Waals surface area contributed by atoms with Crippen LogP contribution >= 0.6 is 15.9 Å². The molecule has 0 bridgehead atoms. The van der Waals surface area contributed by atoms with Crippen molar-refractivity contribution in [2.24, 2.45) is 0 Å². The van der Waals surface area contributed by atoms with Gasteiger partial charge in [-0.2, -0.15) is 5.10 Å². The molecule has 6 nitrogen and oxygen atoms in total. The Bertz CT molecular complexity index is 1170. The van der Waals surface area contributed by atoms with E-state index in [2.05, 4.69) is 58.0 Å². The lowest BCUT2D eigenvalue weighted by Gasteiger charge is -2.37. The van der Waals surface area contributed by atoms with Crippen LogP contribution in [0, 0.1) is 13.8 Å². The molecule has 2 heterocycles. The van der Waals surface area contributed by atoms with E-state index in [0.29, 0.717) is 18.8 Å². The third kappa shape index (κ3) is 5.10. The minimum absolute atomic E-state index is 0.0633. The van der Waals surface area contributed by atoms with Crippen LogP contribution in [-0.4, -0.2) is 46.8 Å². The molecule has 7 heteroatoms. The van der Waals surface area contributed by atoms with Gasteiger partial charge in [0.05, 0.1) is 12.2 Å². The molecule has 0 spiro atoms. The standard InChI is InChI=1S/C25H27BrN4O2/c1-18-3-4-19(2)23(17-18)28-13-15-29(16-14-28)24(31)11-12-30-25(32)10-9-22(27-30)20-5-7-21(26)8-6-20/h3-10,17H,11-16H2,1-2H3. The van der Waals surface area contributed by atoms with Gasteiger partial charge in [0.15, 0.2) is 0 Å². The lowest BCUT2D eigenvalue weighted by molar-refractivity contribution is -0.131. The third-order valence-electron chi connectivity index (χ3n) is 5.88. The Morgan fingerprint density at radius 2 is 1.69 bits per heavy atom. The maximum atomic E-state index is 12.8. The topological polar surface area (TPSA) is 58.4 Å². The normalized spacial score (nSPS) is 14.0. The molecule has 1 aliphatic heterocycles. The van der Waals surface area contributed by atoms with Gasteiger partial charge in [0.2, 0.25) is 5.91 Å². The highest BCUT2D eigenvalue weighted by atomic mass is 79.9. The second-order valence-electron chi connectivity index (χ2n) is 8.19. The van der Waals surface area contributed by atoms with E-state index in [1.165, 1.54) is 27.6 Å². The van der Waals surface area contributed by atoms with E-state index in [-0.39, 0.29) is 24.4 Å². The molecule has 0 saturated carbocycles. The van der Waals surface area contributed by atoms with Crippen molar-refractivity contribution in [3.05, 3.63) is 80.6 Å². The fourth-order valence-corrected chi connectivity index (χ4v) is 4.26. The van der Waals surface area contributed by atoms with Crippen LogP contribution in [0.4, 0.5) is 5.69 Å². The number of hydrogen-bond acceptors (Lipinski definition) is 4. The van der Waals surface area contributed by atoms with E-state index in [9.17, 15) is 9.59 Å². The average molecular weight is 495 g/mol. The number of amides is 1. The molecule has 3 aromatic rings. The van der Waals surface area contributed by atoms with Gasteiger partial charge in [-0.15, -0.1) is 0 Å². The summed E-state index contributed by atoms with van der Waals surface area (Å²) in [7, 11) is 0. The monoisotopic (exact) mass is 494 g/mol. The van der Waals surface area contributed by atoms with Gasteiger partial charge in [-0.1, -0.05) is 40.2 Å². The van der Waals surface area contributed by atoms with Gasteiger partial charge >= 0.3 is 0 Å². The van der Waals surface area contributed by atoms with E-state index in [4.69, 9.17) is 0 Å². The van der Waals surface area contributed by atoms with Gasteiger partial charge in [0, 0.05) is 54.4 Å². The number of nitrogens with zero attached hydrogens (tertiary/aromatic N) is 4. The summed E-state index contributed by atoms with van der Waals surface area (Å²) in [6.07, 6.45) is 0.264. The highest BCUT2D eigenvalue weighted by Gasteiger charge is 2.22. The molecule has 1 saturated heterocycles. The molecule has 0 radical (unpaired) electrons. The minimum Gasteiger partial charge on any atom is -0.368 e. The largest absolute Gasteiger partial charge is 0.368 e. The van der Waals surface area contributed by atoms with E-state index in [1.807, 2.05) is 29.2 Å². The summed E-state index contributed by atoms with van der Waals surface area (Å²) in [6.45, 7) is 7.50. The van der Waals surface area contributed by atoms with Gasteiger partial charge < -0.3 is 9.80 Å².